The van der Waals surface area contributed by atoms with Crippen molar-refractivity contribution in [1.82, 2.24) is 14.9 Å². The Morgan fingerprint density at radius 3 is 2.74 bits per heavy atom. The number of hydrogen-bond donors (Lipinski definition) is 2. The van der Waals surface area contributed by atoms with Gasteiger partial charge in [0.15, 0.2) is 0 Å². The maximum absolute atomic E-state index is 12.3. The number of nitrogens with one attached hydrogen (secondary N) is 2. The van der Waals surface area contributed by atoms with E-state index in [2.05, 4.69) is 41.4 Å². The van der Waals surface area contributed by atoms with Gasteiger partial charge in [-0.05, 0) is 44.8 Å². The van der Waals surface area contributed by atoms with Gasteiger partial charge in [0.2, 0.25) is 0 Å². The van der Waals surface area contributed by atoms with Crippen LogP contribution in [0.15, 0.2) is 35.1 Å². The lowest BCUT2D eigenvalue weighted by Gasteiger charge is -2.11. The summed E-state index contributed by atoms with van der Waals surface area (Å²) in [5, 5.41) is 6.04. The topological polar surface area (TPSA) is 70.2 Å². The SMILES string of the molecule is Cc1cc(Br)ccc1NC(=O)c1cc(NCCN(C)C)ncn1. The fraction of sp³-hybridized carbons (Fsp3) is 0.312. The first-order valence-electron chi connectivity index (χ1n) is 7.24. The molecule has 2 N–H and O–H groups in total. The van der Waals surface area contributed by atoms with Gasteiger partial charge in [-0.2, -0.15) is 0 Å². The van der Waals surface area contributed by atoms with E-state index in [0.717, 1.165) is 28.8 Å². The molecule has 122 valence electrons. The number of carbonyl (C=O) groups excluding carboxylic acids is 1. The molecule has 0 unspecified atom stereocenters. The van der Waals surface area contributed by atoms with Crippen LogP contribution < -0.4 is 10.6 Å². The maximum atomic E-state index is 12.3. The molecule has 1 aromatic carbocycles. The van der Waals surface area contributed by atoms with Crippen molar-refractivity contribution in [1.29, 1.82) is 0 Å². The van der Waals surface area contributed by atoms with E-state index >= 15 is 0 Å². The molecule has 0 fully saturated rings. The summed E-state index contributed by atoms with van der Waals surface area (Å²) >= 11 is 3.41. The Labute approximate surface area is 144 Å². The molecule has 1 aromatic heterocycles. The van der Waals surface area contributed by atoms with Gasteiger partial charge in [0.25, 0.3) is 5.91 Å². The minimum atomic E-state index is -0.256. The van der Waals surface area contributed by atoms with Crippen LogP contribution in [0.4, 0.5) is 11.5 Å². The van der Waals surface area contributed by atoms with Gasteiger partial charge in [-0.25, -0.2) is 9.97 Å². The lowest BCUT2D eigenvalue weighted by Crippen LogP contribution is -2.21. The van der Waals surface area contributed by atoms with Crippen molar-refractivity contribution in [2.75, 3.05) is 37.8 Å². The highest BCUT2D eigenvalue weighted by Gasteiger charge is 2.10. The van der Waals surface area contributed by atoms with E-state index in [9.17, 15) is 4.79 Å². The summed E-state index contributed by atoms with van der Waals surface area (Å²) in [6, 6.07) is 7.34. The molecule has 6 nitrogen and oxygen atoms in total. The molecule has 23 heavy (non-hydrogen) atoms. The summed E-state index contributed by atoms with van der Waals surface area (Å²) in [7, 11) is 4.00. The van der Waals surface area contributed by atoms with Crippen molar-refractivity contribution >= 4 is 33.3 Å². The van der Waals surface area contributed by atoms with E-state index in [0.29, 0.717) is 11.5 Å². The van der Waals surface area contributed by atoms with Crippen molar-refractivity contribution in [2.45, 2.75) is 6.92 Å². The van der Waals surface area contributed by atoms with Gasteiger partial charge in [0, 0.05) is 29.3 Å². The Balaban J connectivity index is 2.04. The fourth-order valence-electron chi connectivity index (χ4n) is 1.94. The number of likely N-dealkylation sites (N-methyl/N-ethyl adjacent to an activating group) is 1. The number of amides is 1. The smallest absolute Gasteiger partial charge is 0.274 e. The van der Waals surface area contributed by atoms with Crippen LogP contribution in [0, 0.1) is 6.92 Å². The Kier molecular flexibility index (Phi) is 6.06. The average Bonchev–Trinajstić information content (AvgIpc) is 2.50. The van der Waals surface area contributed by atoms with Crippen LogP contribution in [0.5, 0.6) is 0 Å². The van der Waals surface area contributed by atoms with Gasteiger partial charge in [0.05, 0.1) is 0 Å². The van der Waals surface area contributed by atoms with Crippen LogP contribution in [0.3, 0.4) is 0 Å². The molecule has 0 aliphatic rings. The van der Waals surface area contributed by atoms with Crippen LogP contribution >= 0.6 is 15.9 Å². The van der Waals surface area contributed by atoms with Crippen molar-refractivity contribution in [3.05, 3.63) is 46.3 Å². The number of carbonyl (C=O) groups is 1. The predicted octanol–water partition coefficient (Wildman–Crippen LogP) is 2.77. The van der Waals surface area contributed by atoms with Gasteiger partial charge >= 0.3 is 0 Å². The highest BCUT2D eigenvalue weighted by atomic mass is 79.9. The van der Waals surface area contributed by atoms with Gasteiger partial charge in [0.1, 0.15) is 17.8 Å². The van der Waals surface area contributed by atoms with E-state index in [4.69, 9.17) is 0 Å². The molecule has 2 rings (SSSR count). The zero-order valence-electron chi connectivity index (χ0n) is 13.4. The van der Waals surface area contributed by atoms with Gasteiger partial charge in [-0.15, -0.1) is 0 Å². The van der Waals surface area contributed by atoms with Gasteiger partial charge in [-0.1, -0.05) is 15.9 Å². The van der Waals surface area contributed by atoms with Crippen LogP contribution in [-0.2, 0) is 0 Å². The summed E-state index contributed by atoms with van der Waals surface area (Å²) in [4.78, 5) is 22.6. The second-order valence-electron chi connectivity index (χ2n) is 5.43. The number of aromatic nitrogens is 2. The maximum Gasteiger partial charge on any atom is 0.274 e. The van der Waals surface area contributed by atoms with Crippen LogP contribution in [0.2, 0.25) is 0 Å². The lowest BCUT2D eigenvalue weighted by molar-refractivity contribution is 0.102. The molecule has 0 saturated carbocycles. The lowest BCUT2D eigenvalue weighted by atomic mass is 10.2. The van der Waals surface area contributed by atoms with Crippen molar-refractivity contribution in [2.24, 2.45) is 0 Å². The zero-order valence-corrected chi connectivity index (χ0v) is 15.0. The summed E-state index contributed by atoms with van der Waals surface area (Å²) in [6.45, 7) is 3.56. The second kappa shape index (κ2) is 8.03. The Hall–Kier alpha value is -1.99. The summed E-state index contributed by atoms with van der Waals surface area (Å²) in [5.41, 5.74) is 2.07. The van der Waals surface area contributed by atoms with Crippen molar-refractivity contribution in [3.63, 3.8) is 0 Å². The molecule has 2 aromatic rings. The van der Waals surface area contributed by atoms with E-state index in [1.54, 1.807) is 6.07 Å². The van der Waals surface area contributed by atoms with E-state index in [1.807, 2.05) is 39.2 Å². The number of halogens is 1. The molecule has 0 atom stereocenters. The number of rotatable bonds is 6. The number of hydrogen-bond acceptors (Lipinski definition) is 5. The van der Waals surface area contributed by atoms with Crippen LogP contribution in [0.25, 0.3) is 0 Å². The first-order chi connectivity index (χ1) is 11.0. The molecule has 0 aliphatic carbocycles. The average molecular weight is 378 g/mol. The Morgan fingerprint density at radius 2 is 2.04 bits per heavy atom. The third-order valence-electron chi connectivity index (χ3n) is 3.20. The summed E-state index contributed by atoms with van der Waals surface area (Å²) < 4.78 is 0.974. The molecular formula is C16H20BrN5O. The zero-order chi connectivity index (χ0) is 16.8. The van der Waals surface area contributed by atoms with E-state index < -0.39 is 0 Å². The van der Waals surface area contributed by atoms with Crippen molar-refractivity contribution < 1.29 is 4.79 Å². The van der Waals surface area contributed by atoms with Crippen LogP contribution in [0.1, 0.15) is 16.1 Å². The Bertz CT molecular complexity index is 690. The van der Waals surface area contributed by atoms with Gasteiger partial charge < -0.3 is 15.5 Å². The molecular weight excluding hydrogens is 358 g/mol. The minimum Gasteiger partial charge on any atom is -0.369 e. The second-order valence-corrected chi connectivity index (χ2v) is 6.35. The third kappa shape index (κ3) is 5.30. The predicted molar refractivity (Wildman–Crippen MR) is 95.9 cm³/mol. The summed E-state index contributed by atoms with van der Waals surface area (Å²) in [6.07, 6.45) is 1.39. The third-order valence-corrected chi connectivity index (χ3v) is 3.69. The summed E-state index contributed by atoms with van der Waals surface area (Å²) in [5.74, 6) is 0.382. The first kappa shape index (κ1) is 17.4. The largest absolute Gasteiger partial charge is 0.369 e. The molecule has 1 amide bonds. The number of aryl methyl sites for hydroxylation is 1. The van der Waals surface area contributed by atoms with E-state index in [-0.39, 0.29) is 5.91 Å². The molecule has 0 radical (unpaired) electrons. The first-order valence-corrected chi connectivity index (χ1v) is 8.03. The molecule has 0 bridgehead atoms. The standard InChI is InChI=1S/C16H20BrN5O/c1-11-8-12(17)4-5-13(11)21-16(23)14-9-15(20-10-19-14)18-6-7-22(2)3/h4-5,8-10H,6-7H2,1-3H3,(H,21,23)(H,18,19,20). The minimum absolute atomic E-state index is 0.256. The quantitative estimate of drug-likeness (QED) is 0.809. The molecule has 0 saturated heterocycles. The number of benzene rings is 1. The Morgan fingerprint density at radius 1 is 1.26 bits per heavy atom. The highest BCUT2D eigenvalue weighted by molar-refractivity contribution is 9.10. The van der Waals surface area contributed by atoms with Gasteiger partial charge in [-0.3, -0.25) is 4.79 Å². The molecule has 0 spiro atoms. The van der Waals surface area contributed by atoms with Crippen LogP contribution in [-0.4, -0.2) is 48.0 Å². The van der Waals surface area contributed by atoms with E-state index in [1.165, 1.54) is 6.33 Å². The molecule has 7 heteroatoms. The fourth-order valence-corrected chi connectivity index (χ4v) is 2.41. The monoisotopic (exact) mass is 377 g/mol. The van der Waals surface area contributed by atoms with Crippen molar-refractivity contribution in [3.8, 4) is 0 Å². The number of nitrogens with zero attached hydrogens (tertiary/aromatic N) is 3. The normalized spacial score (nSPS) is 10.7. The highest BCUT2D eigenvalue weighted by Crippen LogP contribution is 2.20. The number of anilines is 2. The molecule has 0 aliphatic heterocycles. The molecule has 1 heterocycles.